The van der Waals surface area contributed by atoms with Crippen LogP contribution in [0.3, 0.4) is 0 Å². The standard InChI is InChI=1S/C34H34BrNO15/c1-10-19(32(46)49-4)27(43)22-14(23(10)35)7-18(39)34(50-5)30(45)21-13(29(44)33(22,34)47)6-12-20(26(21)42)17(38)8-16(24(12)40)36-31-15(9-37)25(41)28(48-3)11(2)51-31/h6,8,11,15,18,25,28,31,36-37,39,41-43,47H,7,9H2,1-5H3/t11-,15?,18+,25-,28-,31-,33-,34+/m0/s1. The summed E-state index contributed by atoms with van der Waals surface area (Å²) in [4.78, 5) is 69.4. The Kier molecular flexibility index (Phi) is 9.04. The Morgan fingerprint density at radius 1 is 1.06 bits per heavy atom. The number of hydrogen-bond donors (Lipinski definition) is 7. The molecule has 2 aromatic rings. The van der Waals surface area contributed by atoms with Crippen LogP contribution in [0.25, 0.3) is 0 Å². The van der Waals surface area contributed by atoms with Crippen LogP contribution in [0.15, 0.2) is 22.3 Å². The van der Waals surface area contributed by atoms with Crippen LogP contribution in [-0.4, -0.2) is 124 Å². The largest absolute Gasteiger partial charge is 0.507 e. The third-order valence-corrected chi connectivity index (χ3v) is 11.5. The van der Waals surface area contributed by atoms with Gasteiger partial charge < -0.3 is 54.9 Å². The minimum absolute atomic E-state index is 0.0502. The molecule has 0 aromatic heterocycles. The number of halogens is 1. The van der Waals surface area contributed by atoms with Gasteiger partial charge in [0.15, 0.2) is 17.0 Å². The van der Waals surface area contributed by atoms with Crippen LogP contribution in [0.4, 0.5) is 0 Å². The van der Waals surface area contributed by atoms with Gasteiger partial charge in [-0.1, -0.05) is 15.9 Å². The van der Waals surface area contributed by atoms with Gasteiger partial charge in [0.1, 0.15) is 29.4 Å². The Morgan fingerprint density at radius 3 is 2.31 bits per heavy atom. The van der Waals surface area contributed by atoms with Crippen molar-refractivity contribution in [2.24, 2.45) is 5.92 Å². The van der Waals surface area contributed by atoms with E-state index in [9.17, 15) is 54.6 Å². The summed E-state index contributed by atoms with van der Waals surface area (Å²) in [5.74, 6) is -8.91. The third-order valence-electron chi connectivity index (χ3n) is 10.4. The zero-order valence-corrected chi connectivity index (χ0v) is 29.4. The number of carbonyl (C=O) groups excluding carboxylic acids is 5. The molecule has 51 heavy (non-hydrogen) atoms. The number of carbonyl (C=O) groups is 5. The lowest BCUT2D eigenvalue weighted by Gasteiger charge is -2.53. The number of aliphatic hydroxyl groups excluding tert-OH is 3. The molecule has 0 amide bonds. The van der Waals surface area contributed by atoms with E-state index in [1.165, 1.54) is 14.0 Å². The predicted molar refractivity (Wildman–Crippen MR) is 174 cm³/mol. The number of phenolic OH excluding ortho intramolecular Hbond substituents is 2. The van der Waals surface area contributed by atoms with E-state index < -0.39 is 140 Å². The smallest absolute Gasteiger partial charge is 0.341 e. The van der Waals surface area contributed by atoms with E-state index in [0.29, 0.717) is 0 Å². The van der Waals surface area contributed by atoms with Gasteiger partial charge in [-0.2, -0.15) is 0 Å². The number of ether oxygens (including phenoxy) is 4. The van der Waals surface area contributed by atoms with Crippen molar-refractivity contribution in [1.29, 1.82) is 0 Å². The van der Waals surface area contributed by atoms with Crippen LogP contribution in [-0.2, 0) is 31.0 Å². The van der Waals surface area contributed by atoms with Gasteiger partial charge in [-0.05, 0) is 31.0 Å². The molecular weight excluding hydrogens is 742 g/mol. The molecule has 0 radical (unpaired) electrons. The van der Waals surface area contributed by atoms with E-state index in [4.69, 9.17) is 18.9 Å². The van der Waals surface area contributed by atoms with E-state index in [1.54, 1.807) is 6.92 Å². The molecule has 1 saturated heterocycles. The fourth-order valence-electron chi connectivity index (χ4n) is 7.91. The molecule has 17 heteroatoms. The average Bonchev–Trinajstić information content (AvgIpc) is 3.08. The van der Waals surface area contributed by atoms with Gasteiger partial charge in [0.2, 0.25) is 17.3 Å². The van der Waals surface area contributed by atoms with Gasteiger partial charge >= 0.3 is 5.97 Å². The first-order chi connectivity index (χ1) is 24.0. The highest BCUT2D eigenvalue weighted by Gasteiger charge is 2.73. The molecule has 0 bridgehead atoms. The summed E-state index contributed by atoms with van der Waals surface area (Å²) in [6, 6.07) is 0.822. The summed E-state index contributed by atoms with van der Waals surface area (Å²) in [7, 11) is 3.28. The Hall–Kier alpha value is -4.07. The first-order valence-electron chi connectivity index (χ1n) is 15.6. The molecule has 0 spiro atoms. The number of fused-ring (bicyclic) bond motifs is 5. The number of methoxy groups -OCH3 is 3. The van der Waals surface area contributed by atoms with Crippen molar-refractivity contribution >= 4 is 45.0 Å². The second kappa shape index (κ2) is 12.6. The Morgan fingerprint density at radius 2 is 1.73 bits per heavy atom. The van der Waals surface area contributed by atoms with E-state index >= 15 is 0 Å². The Bertz CT molecular complexity index is 1970. The maximum atomic E-state index is 14.7. The van der Waals surface area contributed by atoms with Gasteiger partial charge in [0.05, 0.1) is 54.8 Å². The highest BCUT2D eigenvalue weighted by molar-refractivity contribution is 9.10. The van der Waals surface area contributed by atoms with Gasteiger partial charge in [0, 0.05) is 47.9 Å². The van der Waals surface area contributed by atoms with Crippen LogP contribution in [0, 0.1) is 12.8 Å². The number of esters is 1. The maximum Gasteiger partial charge on any atom is 0.341 e. The minimum Gasteiger partial charge on any atom is -0.507 e. The van der Waals surface area contributed by atoms with Crippen molar-refractivity contribution in [1.82, 2.24) is 5.32 Å². The second-order valence-electron chi connectivity index (χ2n) is 12.8. The summed E-state index contributed by atoms with van der Waals surface area (Å²) in [5, 5.41) is 70.5. The zero-order valence-electron chi connectivity index (χ0n) is 27.8. The molecule has 3 aliphatic carbocycles. The van der Waals surface area contributed by atoms with Crippen molar-refractivity contribution in [3.05, 3.63) is 66.8 Å². The molecule has 1 unspecified atom stereocenters. The van der Waals surface area contributed by atoms with Crippen molar-refractivity contribution in [3.63, 3.8) is 0 Å². The SMILES string of the molecule is COC(=O)c1c(C)c(Br)c2c(c1O)[C@]1(O)C(=O)c3cc4c(c(O)c3C(=O)[C@]1(OC)[C@H](O)C2)C(=O)C=C(N[C@H]1O[C@@H](C)[C@H](OC)[C@@H](O)C1CO)C4=O. The molecule has 6 rings (SSSR count). The molecular formula is C34H34BrNO15. The van der Waals surface area contributed by atoms with E-state index in [1.807, 2.05) is 0 Å². The highest BCUT2D eigenvalue weighted by atomic mass is 79.9. The number of allylic oxidation sites excluding steroid dienone is 2. The number of phenols is 2. The molecule has 16 nitrogen and oxygen atoms in total. The van der Waals surface area contributed by atoms with Gasteiger partial charge in [-0.15, -0.1) is 0 Å². The highest BCUT2D eigenvalue weighted by Crippen LogP contribution is 2.58. The van der Waals surface area contributed by atoms with Crippen LogP contribution < -0.4 is 5.32 Å². The van der Waals surface area contributed by atoms with E-state index in [0.717, 1.165) is 26.4 Å². The molecule has 7 N–H and O–H groups in total. The molecule has 1 heterocycles. The monoisotopic (exact) mass is 775 g/mol. The van der Waals surface area contributed by atoms with E-state index in [-0.39, 0.29) is 15.6 Å². The van der Waals surface area contributed by atoms with Crippen LogP contribution in [0.5, 0.6) is 11.5 Å². The first-order valence-corrected chi connectivity index (χ1v) is 16.4. The number of ketones is 4. The summed E-state index contributed by atoms with van der Waals surface area (Å²) < 4.78 is 21.5. The number of Topliss-reactive ketones (excluding diaryl/α,β-unsaturated/α-hetero) is 3. The maximum absolute atomic E-state index is 14.7. The summed E-state index contributed by atoms with van der Waals surface area (Å²) in [6.45, 7) is 2.40. The van der Waals surface area contributed by atoms with Crippen LogP contribution in [0.2, 0.25) is 0 Å². The number of aliphatic hydroxyl groups is 4. The topological polar surface area (TPSA) is 256 Å². The molecule has 2 aromatic carbocycles. The lowest BCUT2D eigenvalue weighted by atomic mass is 9.56. The molecule has 1 fully saturated rings. The molecule has 4 aliphatic rings. The lowest BCUT2D eigenvalue weighted by molar-refractivity contribution is -0.214. The van der Waals surface area contributed by atoms with Crippen molar-refractivity contribution in [2.75, 3.05) is 27.9 Å². The second-order valence-corrected chi connectivity index (χ2v) is 13.6. The van der Waals surface area contributed by atoms with Crippen LogP contribution >= 0.6 is 15.9 Å². The van der Waals surface area contributed by atoms with Gasteiger partial charge in [0.25, 0.3) is 0 Å². The number of nitrogens with one attached hydrogen (secondary N) is 1. The van der Waals surface area contributed by atoms with E-state index in [2.05, 4.69) is 21.2 Å². The summed E-state index contributed by atoms with van der Waals surface area (Å²) in [6.07, 6.45) is -5.73. The lowest BCUT2D eigenvalue weighted by Crippen LogP contribution is -2.73. The number of hydrogen-bond acceptors (Lipinski definition) is 16. The van der Waals surface area contributed by atoms with Crippen LogP contribution in [0.1, 0.15) is 75.4 Å². The predicted octanol–water partition coefficient (Wildman–Crippen LogP) is 0.106. The van der Waals surface area contributed by atoms with Crippen molar-refractivity contribution in [3.8, 4) is 11.5 Å². The fraction of sp³-hybridized carbons (Fsp3) is 0.441. The third kappa shape index (κ3) is 4.66. The molecule has 1 aliphatic heterocycles. The van der Waals surface area contributed by atoms with Gasteiger partial charge in [-0.25, -0.2) is 4.79 Å². The minimum atomic E-state index is -3.28. The quantitative estimate of drug-likeness (QED) is 0.192. The first kappa shape index (κ1) is 36.7. The Labute approximate surface area is 297 Å². The van der Waals surface area contributed by atoms with Gasteiger partial charge in [-0.3, -0.25) is 19.2 Å². The number of aromatic hydroxyl groups is 2. The fourth-order valence-corrected chi connectivity index (χ4v) is 8.47. The van der Waals surface area contributed by atoms with Crippen molar-refractivity contribution in [2.45, 2.75) is 62.1 Å². The summed E-state index contributed by atoms with van der Waals surface area (Å²) >= 11 is 3.31. The normalized spacial score (nSPS) is 31.3. The van der Waals surface area contributed by atoms with Crippen molar-refractivity contribution < 1.29 is 73.6 Å². The number of rotatable bonds is 6. The Balaban J connectivity index is 1.53. The average molecular weight is 777 g/mol. The number of benzene rings is 2. The molecule has 272 valence electrons. The molecule has 8 atom stereocenters. The zero-order chi connectivity index (χ0) is 37.6. The summed E-state index contributed by atoms with van der Waals surface area (Å²) in [5.41, 5.74) is -10.5. The molecule has 0 saturated carbocycles.